The van der Waals surface area contributed by atoms with Gasteiger partial charge < -0.3 is 11.1 Å². The van der Waals surface area contributed by atoms with E-state index in [1.165, 1.54) is 25.7 Å². The summed E-state index contributed by atoms with van der Waals surface area (Å²) in [6.45, 7) is 0. The molecule has 1 aromatic rings. The summed E-state index contributed by atoms with van der Waals surface area (Å²) in [6, 6.07) is 4.01. The molecule has 0 saturated heterocycles. The monoisotopic (exact) mass is 271 g/mol. The Kier molecular flexibility index (Phi) is 4.40. The van der Waals surface area contributed by atoms with Gasteiger partial charge in [-0.15, -0.1) is 0 Å². The van der Waals surface area contributed by atoms with Crippen LogP contribution < -0.4 is 11.1 Å². The van der Waals surface area contributed by atoms with Crippen LogP contribution in [-0.4, -0.2) is 22.5 Å². The van der Waals surface area contributed by atoms with Gasteiger partial charge in [-0.25, -0.2) is 4.98 Å². The molecule has 0 spiro atoms. The maximum atomic E-state index is 5.88. The lowest BCUT2D eigenvalue weighted by atomic mass is 9.95. The highest BCUT2D eigenvalue weighted by molar-refractivity contribution is 7.99. The number of hydrogen-bond acceptors (Lipinski definition) is 4. The quantitative estimate of drug-likeness (QED) is 0.828. The van der Waals surface area contributed by atoms with Gasteiger partial charge in [-0.3, -0.25) is 0 Å². The van der Waals surface area contributed by atoms with E-state index in [0.29, 0.717) is 16.9 Å². The van der Waals surface area contributed by atoms with Gasteiger partial charge in [0.2, 0.25) is 0 Å². The van der Waals surface area contributed by atoms with E-state index in [1.54, 1.807) is 6.07 Å². The Bertz CT molecular complexity index is 358. The molecular weight excluding hydrogens is 254 g/mol. The Hall–Kier alpha value is -0.610. The van der Waals surface area contributed by atoms with Crippen LogP contribution in [0.25, 0.3) is 0 Å². The summed E-state index contributed by atoms with van der Waals surface area (Å²) in [6.07, 6.45) is 7.13. The molecule has 1 aliphatic carbocycles. The summed E-state index contributed by atoms with van der Waals surface area (Å²) in [5, 5.41) is 4.70. The molecule has 2 rings (SSSR count). The first-order chi connectivity index (χ1) is 8.17. The number of pyridine rings is 1. The number of aromatic nitrogens is 1. The molecule has 1 heterocycles. The number of nitrogens with two attached hydrogens (primary N) is 1. The van der Waals surface area contributed by atoms with Crippen LogP contribution in [-0.2, 0) is 0 Å². The number of nitrogen functional groups attached to an aromatic ring is 1. The summed E-state index contributed by atoms with van der Waals surface area (Å²) < 4.78 is 0. The minimum Gasteiger partial charge on any atom is -0.399 e. The van der Waals surface area contributed by atoms with Crippen molar-refractivity contribution in [1.82, 2.24) is 4.98 Å². The van der Waals surface area contributed by atoms with Crippen LogP contribution in [0, 0.1) is 0 Å². The highest BCUT2D eigenvalue weighted by Gasteiger charge is 2.20. The van der Waals surface area contributed by atoms with Crippen molar-refractivity contribution in [3.63, 3.8) is 0 Å². The number of anilines is 2. The summed E-state index contributed by atoms with van der Waals surface area (Å²) >= 11 is 7.85. The molecule has 1 aromatic heterocycles. The van der Waals surface area contributed by atoms with E-state index in [2.05, 4.69) is 16.6 Å². The molecule has 94 valence electrons. The topological polar surface area (TPSA) is 50.9 Å². The molecule has 5 heteroatoms. The largest absolute Gasteiger partial charge is 0.399 e. The molecule has 17 heavy (non-hydrogen) atoms. The van der Waals surface area contributed by atoms with Crippen LogP contribution in [0.1, 0.15) is 25.7 Å². The van der Waals surface area contributed by atoms with E-state index in [9.17, 15) is 0 Å². The first kappa shape index (κ1) is 12.8. The van der Waals surface area contributed by atoms with Crippen LogP contribution in [0.5, 0.6) is 0 Å². The molecule has 3 nitrogen and oxygen atoms in total. The molecule has 1 saturated carbocycles. The van der Waals surface area contributed by atoms with Gasteiger partial charge in [-0.2, -0.15) is 11.8 Å². The minimum absolute atomic E-state index is 0.449. The standard InChI is InChI=1S/C12H18ClN3S/c1-17-10-4-2-9(3-5-10)15-12-7-8(14)6-11(13)16-12/h6-7,9-10H,2-5H2,1H3,(H3,14,15,16). The van der Waals surface area contributed by atoms with Gasteiger partial charge in [-0.05, 0) is 38.0 Å². The summed E-state index contributed by atoms with van der Waals surface area (Å²) in [5.41, 5.74) is 6.40. The van der Waals surface area contributed by atoms with Gasteiger partial charge in [0.1, 0.15) is 11.0 Å². The van der Waals surface area contributed by atoms with Crippen LogP contribution in [0.4, 0.5) is 11.5 Å². The average molecular weight is 272 g/mol. The normalized spacial score (nSPS) is 24.6. The van der Waals surface area contributed by atoms with Gasteiger partial charge in [0, 0.05) is 23.0 Å². The fourth-order valence-electron chi connectivity index (χ4n) is 2.24. The van der Waals surface area contributed by atoms with Crippen molar-refractivity contribution in [2.45, 2.75) is 37.0 Å². The lowest BCUT2D eigenvalue weighted by Gasteiger charge is -2.28. The van der Waals surface area contributed by atoms with Gasteiger partial charge in [-0.1, -0.05) is 11.6 Å². The molecular formula is C12H18ClN3S. The molecule has 1 aliphatic rings. The molecule has 0 bridgehead atoms. The predicted octanol–water partition coefficient (Wildman–Crippen LogP) is 3.40. The number of nitrogens with one attached hydrogen (secondary N) is 1. The molecule has 0 atom stereocenters. The third-order valence-corrected chi connectivity index (χ3v) is 4.51. The van der Waals surface area contributed by atoms with Crippen LogP contribution in [0.2, 0.25) is 5.15 Å². The number of nitrogens with zero attached hydrogens (tertiary/aromatic N) is 1. The maximum Gasteiger partial charge on any atom is 0.133 e. The summed E-state index contributed by atoms with van der Waals surface area (Å²) in [5.74, 6) is 0.794. The third-order valence-electron chi connectivity index (χ3n) is 3.18. The van der Waals surface area contributed by atoms with E-state index in [4.69, 9.17) is 17.3 Å². The molecule has 1 fully saturated rings. The minimum atomic E-state index is 0.449. The Balaban J connectivity index is 1.93. The van der Waals surface area contributed by atoms with E-state index in [-0.39, 0.29) is 0 Å². The van der Waals surface area contributed by atoms with Crippen molar-refractivity contribution in [1.29, 1.82) is 0 Å². The number of hydrogen-bond donors (Lipinski definition) is 2. The molecule has 0 amide bonds. The zero-order valence-corrected chi connectivity index (χ0v) is 11.5. The Labute approximate surface area is 112 Å². The van der Waals surface area contributed by atoms with E-state index >= 15 is 0 Å². The molecule has 0 aromatic carbocycles. The third kappa shape index (κ3) is 3.68. The van der Waals surface area contributed by atoms with Crippen LogP contribution in [0.15, 0.2) is 12.1 Å². The van der Waals surface area contributed by atoms with Gasteiger partial charge in [0.25, 0.3) is 0 Å². The van der Waals surface area contributed by atoms with E-state index in [0.717, 1.165) is 11.1 Å². The van der Waals surface area contributed by atoms with Crippen molar-refractivity contribution in [2.24, 2.45) is 0 Å². The first-order valence-electron chi connectivity index (χ1n) is 5.90. The summed E-state index contributed by atoms with van der Waals surface area (Å²) in [7, 11) is 0. The lowest BCUT2D eigenvalue weighted by Crippen LogP contribution is -2.27. The van der Waals surface area contributed by atoms with Crippen molar-refractivity contribution >= 4 is 34.9 Å². The Morgan fingerprint density at radius 2 is 2.06 bits per heavy atom. The highest BCUT2D eigenvalue weighted by atomic mass is 35.5. The van der Waals surface area contributed by atoms with Crippen molar-refractivity contribution < 1.29 is 0 Å². The number of rotatable bonds is 3. The van der Waals surface area contributed by atoms with Crippen molar-refractivity contribution in [3.05, 3.63) is 17.3 Å². The predicted molar refractivity (Wildman–Crippen MR) is 76.8 cm³/mol. The maximum absolute atomic E-state index is 5.88. The number of thioether (sulfide) groups is 1. The highest BCUT2D eigenvalue weighted by Crippen LogP contribution is 2.28. The number of halogens is 1. The molecule has 0 radical (unpaired) electrons. The average Bonchev–Trinajstić information content (AvgIpc) is 2.28. The SMILES string of the molecule is CSC1CCC(Nc2cc(N)cc(Cl)n2)CC1. The zero-order chi connectivity index (χ0) is 12.3. The van der Waals surface area contributed by atoms with Crippen molar-refractivity contribution in [3.8, 4) is 0 Å². The molecule has 3 N–H and O–H groups in total. The fourth-order valence-corrected chi connectivity index (χ4v) is 3.20. The van der Waals surface area contributed by atoms with Gasteiger partial charge in [0.15, 0.2) is 0 Å². The van der Waals surface area contributed by atoms with Crippen LogP contribution >= 0.6 is 23.4 Å². The van der Waals surface area contributed by atoms with Gasteiger partial charge >= 0.3 is 0 Å². The van der Waals surface area contributed by atoms with Crippen LogP contribution in [0.3, 0.4) is 0 Å². The van der Waals surface area contributed by atoms with E-state index < -0.39 is 0 Å². The molecule has 0 unspecified atom stereocenters. The van der Waals surface area contributed by atoms with Crippen molar-refractivity contribution in [2.75, 3.05) is 17.3 Å². The van der Waals surface area contributed by atoms with Gasteiger partial charge in [0.05, 0.1) is 0 Å². The molecule has 0 aliphatic heterocycles. The second-order valence-electron chi connectivity index (χ2n) is 4.46. The van der Waals surface area contributed by atoms with E-state index in [1.807, 2.05) is 17.8 Å². The Morgan fingerprint density at radius 1 is 1.35 bits per heavy atom. The Morgan fingerprint density at radius 3 is 2.65 bits per heavy atom. The second kappa shape index (κ2) is 5.83. The smallest absolute Gasteiger partial charge is 0.133 e. The first-order valence-corrected chi connectivity index (χ1v) is 7.56. The zero-order valence-electron chi connectivity index (χ0n) is 9.95. The lowest BCUT2D eigenvalue weighted by molar-refractivity contribution is 0.472. The second-order valence-corrected chi connectivity index (χ2v) is 5.99. The summed E-state index contributed by atoms with van der Waals surface area (Å²) in [4.78, 5) is 4.24. The fraction of sp³-hybridized carbons (Fsp3) is 0.583.